The molecule has 3 aromatic rings. The number of ether oxygens (including phenoxy) is 1. The number of carbonyl (C=O) groups excluding carboxylic acids is 3. The van der Waals surface area contributed by atoms with Crippen molar-refractivity contribution in [1.82, 2.24) is 0 Å². The van der Waals surface area contributed by atoms with Gasteiger partial charge in [-0.3, -0.25) is 4.79 Å². The topological polar surface area (TPSA) is 77.5 Å². The molecule has 3 aromatic carbocycles. The maximum absolute atomic E-state index is 12.4. The van der Waals surface area contributed by atoms with Gasteiger partial charge < -0.3 is 4.74 Å². The van der Waals surface area contributed by atoms with Crippen molar-refractivity contribution < 1.29 is 23.7 Å². The lowest BCUT2D eigenvalue weighted by Crippen LogP contribution is -2.07. The molecule has 0 saturated carbocycles. The molecule has 0 aliphatic rings. The van der Waals surface area contributed by atoms with Gasteiger partial charge in [0.25, 0.3) is 0 Å². The molecule has 0 bridgehead atoms. The Morgan fingerprint density at radius 1 is 0.806 bits per heavy atom. The maximum atomic E-state index is 12.4. The van der Waals surface area contributed by atoms with Crippen molar-refractivity contribution >= 4 is 31.1 Å². The summed E-state index contributed by atoms with van der Waals surface area (Å²) in [6.07, 6.45) is 0. The number of hydrogen-bond donors (Lipinski definition) is 0. The Morgan fingerprint density at radius 2 is 1.35 bits per heavy atom. The van der Waals surface area contributed by atoms with E-state index in [9.17, 15) is 18.9 Å². The zero-order valence-corrected chi connectivity index (χ0v) is 18.8. The Balaban J connectivity index is 0.000000245. The average molecular weight is 435 g/mol. The van der Waals surface area contributed by atoms with Gasteiger partial charge in [-0.05, 0) is 62.6 Å². The van der Waals surface area contributed by atoms with Crippen LogP contribution >= 0.6 is 7.80 Å². The highest BCUT2D eigenvalue weighted by Gasteiger charge is 2.34. The third kappa shape index (κ3) is 6.27. The van der Waals surface area contributed by atoms with Gasteiger partial charge in [0, 0.05) is 0 Å². The van der Waals surface area contributed by atoms with Crippen LogP contribution in [0.1, 0.15) is 43.0 Å². The van der Waals surface area contributed by atoms with Crippen molar-refractivity contribution in [2.45, 2.75) is 27.7 Å². The second-order valence-corrected chi connectivity index (χ2v) is 8.54. The molecular weight excluding hydrogens is 411 g/mol. The minimum Gasteiger partial charge on any atom is -0.392 e. The summed E-state index contributed by atoms with van der Waals surface area (Å²) >= 11 is 0. The standard InChI is InChI=1S/C16H16O2P.C9H8O3/c1-11-9-12(2)15(13(3)10-11)16(17)19(18)14-7-5-4-6-8-14;1-7-4-2-3-5-8(7)9(11)12-6-10/h4-10H,1-3H3;2-6H,1H3/q+1;. The van der Waals surface area contributed by atoms with Crippen molar-refractivity contribution in [1.29, 1.82) is 0 Å². The van der Waals surface area contributed by atoms with Crippen molar-refractivity contribution in [2.24, 2.45) is 0 Å². The van der Waals surface area contributed by atoms with Gasteiger partial charge in [-0.15, -0.1) is 0 Å². The van der Waals surface area contributed by atoms with Crippen LogP contribution in [0.15, 0.2) is 66.7 Å². The molecule has 0 N–H and O–H groups in total. The summed E-state index contributed by atoms with van der Waals surface area (Å²) < 4.78 is 16.5. The van der Waals surface area contributed by atoms with E-state index in [1.807, 2.05) is 45.0 Å². The van der Waals surface area contributed by atoms with Gasteiger partial charge in [0.05, 0.1) is 11.1 Å². The van der Waals surface area contributed by atoms with Crippen LogP contribution in [-0.2, 0) is 14.1 Å². The van der Waals surface area contributed by atoms with Crippen LogP contribution in [0, 0.1) is 27.7 Å². The average Bonchev–Trinajstić information content (AvgIpc) is 2.74. The first-order valence-corrected chi connectivity index (χ1v) is 10.9. The van der Waals surface area contributed by atoms with Crippen molar-refractivity contribution in [3.63, 3.8) is 0 Å². The SMILES string of the molecule is Cc1cc(C)c(C(=O)[P+](=O)c2ccccc2)c(C)c1.Cc1ccccc1C(=O)OC=O. The van der Waals surface area contributed by atoms with E-state index < -0.39 is 13.8 Å². The molecule has 0 spiro atoms. The number of benzene rings is 3. The Hall–Kier alpha value is -3.43. The van der Waals surface area contributed by atoms with Crippen LogP contribution < -0.4 is 5.30 Å². The monoisotopic (exact) mass is 435 g/mol. The van der Waals surface area contributed by atoms with Crippen LogP contribution in [0.2, 0.25) is 0 Å². The van der Waals surface area contributed by atoms with Crippen LogP contribution in [0.3, 0.4) is 0 Å². The summed E-state index contributed by atoms with van der Waals surface area (Å²) in [4.78, 5) is 33.3. The first-order chi connectivity index (χ1) is 14.8. The molecule has 0 aliphatic carbocycles. The molecule has 31 heavy (non-hydrogen) atoms. The highest BCUT2D eigenvalue weighted by atomic mass is 31.1. The normalized spacial score (nSPS) is 10.4. The van der Waals surface area contributed by atoms with Gasteiger partial charge >= 0.3 is 25.8 Å². The third-order valence-corrected chi connectivity index (χ3v) is 5.95. The first kappa shape index (κ1) is 23.8. The second-order valence-electron chi connectivity index (χ2n) is 7.03. The van der Waals surface area contributed by atoms with E-state index in [4.69, 9.17) is 0 Å². The van der Waals surface area contributed by atoms with E-state index in [0.717, 1.165) is 22.3 Å². The summed E-state index contributed by atoms with van der Waals surface area (Å²) in [5.74, 6) is -0.608. The van der Waals surface area contributed by atoms with Crippen LogP contribution in [0.5, 0.6) is 0 Å². The lowest BCUT2D eigenvalue weighted by Gasteiger charge is -2.05. The zero-order chi connectivity index (χ0) is 23.0. The fourth-order valence-corrected chi connectivity index (χ4v) is 4.44. The fourth-order valence-electron chi connectivity index (χ4n) is 3.21. The molecule has 5 nitrogen and oxygen atoms in total. The van der Waals surface area contributed by atoms with Gasteiger partial charge in [0.15, 0.2) is 5.30 Å². The highest BCUT2D eigenvalue weighted by Crippen LogP contribution is 2.30. The minimum atomic E-state index is -2.04. The number of esters is 1. The molecule has 0 fully saturated rings. The predicted octanol–water partition coefficient (Wildman–Crippen LogP) is 5.21. The number of carbonyl (C=O) groups is 3. The smallest absolute Gasteiger partial charge is 0.392 e. The van der Waals surface area contributed by atoms with Crippen LogP contribution in [-0.4, -0.2) is 18.0 Å². The molecule has 3 rings (SSSR count). The molecular formula is C25H24O5P+. The lowest BCUT2D eigenvalue weighted by atomic mass is 10.0. The number of rotatable bonds is 5. The van der Waals surface area contributed by atoms with Crippen molar-refractivity contribution in [2.75, 3.05) is 0 Å². The first-order valence-electron chi connectivity index (χ1n) is 9.61. The van der Waals surface area contributed by atoms with E-state index in [0.29, 0.717) is 16.4 Å². The molecule has 0 heterocycles. The molecule has 0 radical (unpaired) electrons. The van der Waals surface area contributed by atoms with Crippen molar-refractivity contribution in [3.05, 3.63) is 100 Å². The molecule has 6 heteroatoms. The summed E-state index contributed by atoms with van der Waals surface area (Å²) in [6, 6.07) is 19.7. The molecule has 1 unspecified atom stereocenters. The van der Waals surface area contributed by atoms with E-state index in [-0.39, 0.29) is 12.0 Å². The fraction of sp³-hybridized carbons (Fsp3) is 0.160. The summed E-state index contributed by atoms with van der Waals surface area (Å²) in [5, 5.41) is 0.585. The summed E-state index contributed by atoms with van der Waals surface area (Å²) in [5.41, 5.74) is 4.42. The number of hydrogen-bond acceptors (Lipinski definition) is 5. The van der Waals surface area contributed by atoms with Crippen LogP contribution in [0.25, 0.3) is 0 Å². The molecule has 0 aliphatic heterocycles. The van der Waals surface area contributed by atoms with E-state index in [1.54, 1.807) is 49.4 Å². The Kier molecular flexibility index (Phi) is 8.53. The van der Waals surface area contributed by atoms with Gasteiger partial charge in [-0.25, -0.2) is 9.59 Å². The van der Waals surface area contributed by atoms with Gasteiger partial charge in [0.2, 0.25) is 0 Å². The lowest BCUT2D eigenvalue weighted by molar-refractivity contribution is -0.123. The van der Waals surface area contributed by atoms with Gasteiger partial charge in [-0.2, -0.15) is 0 Å². The van der Waals surface area contributed by atoms with Crippen molar-refractivity contribution in [3.8, 4) is 0 Å². The summed E-state index contributed by atoms with van der Waals surface area (Å²) in [7, 11) is -2.04. The molecule has 0 saturated heterocycles. The Morgan fingerprint density at radius 3 is 1.90 bits per heavy atom. The predicted molar refractivity (Wildman–Crippen MR) is 121 cm³/mol. The zero-order valence-electron chi connectivity index (χ0n) is 17.9. The Labute approximate surface area is 182 Å². The highest BCUT2D eigenvalue weighted by molar-refractivity contribution is 7.71. The van der Waals surface area contributed by atoms with E-state index in [1.165, 1.54) is 0 Å². The molecule has 0 amide bonds. The van der Waals surface area contributed by atoms with E-state index in [2.05, 4.69) is 4.74 Å². The molecule has 0 aromatic heterocycles. The van der Waals surface area contributed by atoms with Crippen LogP contribution in [0.4, 0.5) is 0 Å². The number of aryl methyl sites for hydroxylation is 4. The second kappa shape index (κ2) is 11.1. The molecule has 1 atom stereocenters. The van der Waals surface area contributed by atoms with Gasteiger partial charge in [-0.1, -0.05) is 58.7 Å². The summed E-state index contributed by atoms with van der Waals surface area (Å²) in [6.45, 7) is 7.68. The molecule has 158 valence electrons. The minimum absolute atomic E-state index is 0.134. The Bertz CT molecular complexity index is 1100. The maximum Gasteiger partial charge on any atom is 0.458 e. The third-order valence-electron chi connectivity index (χ3n) is 4.59. The largest absolute Gasteiger partial charge is 0.458 e. The van der Waals surface area contributed by atoms with Gasteiger partial charge in [0.1, 0.15) is 0 Å². The quantitative estimate of drug-likeness (QED) is 0.238. The van der Waals surface area contributed by atoms with E-state index >= 15 is 0 Å².